The van der Waals surface area contributed by atoms with Gasteiger partial charge in [-0.1, -0.05) is 25.8 Å². The maximum absolute atomic E-state index is 15.0. The highest BCUT2D eigenvalue weighted by Crippen LogP contribution is 2.45. The molecule has 0 nitrogen and oxygen atoms in total. The van der Waals surface area contributed by atoms with Crippen molar-refractivity contribution >= 4 is 11.6 Å². The summed E-state index contributed by atoms with van der Waals surface area (Å²) < 4.78 is 110. The second-order valence-electron chi connectivity index (χ2n) is 9.30. The summed E-state index contributed by atoms with van der Waals surface area (Å²) in [7, 11) is 0. The number of allylic oxidation sites excluding steroid dienone is 1. The van der Waals surface area contributed by atoms with Gasteiger partial charge in [0, 0.05) is 5.56 Å². The summed E-state index contributed by atoms with van der Waals surface area (Å²) in [6, 6.07) is 3.36. The molecular formula is C26H24F8. The third-order valence-corrected chi connectivity index (χ3v) is 7.00. The molecule has 2 aliphatic rings. The van der Waals surface area contributed by atoms with Gasteiger partial charge in [-0.25, -0.2) is 8.78 Å². The number of fused-ring (bicyclic) bond motifs is 1. The summed E-state index contributed by atoms with van der Waals surface area (Å²) in [6.07, 6.45) is -3.70. The molecule has 0 N–H and O–H groups in total. The van der Waals surface area contributed by atoms with E-state index in [9.17, 15) is 26.3 Å². The third kappa shape index (κ3) is 4.86. The average molecular weight is 488 g/mol. The van der Waals surface area contributed by atoms with Crippen LogP contribution in [0, 0.1) is 17.6 Å². The number of hydrogen-bond donors (Lipinski definition) is 0. The molecule has 34 heavy (non-hydrogen) atoms. The molecule has 0 aliphatic heterocycles. The number of halogens is 8. The van der Waals surface area contributed by atoms with Gasteiger partial charge in [-0.05, 0) is 90.5 Å². The van der Waals surface area contributed by atoms with E-state index >= 15 is 8.78 Å². The largest absolute Gasteiger partial charge is 0.417 e. The molecule has 8 heteroatoms. The first-order valence-corrected chi connectivity index (χ1v) is 11.4. The van der Waals surface area contributed by atoms with Crippen LogP contribution in [0.4, 0.5) is 35.1 Å². The molecule has 0 atom stereocenters. The van der Waals surface area contributed by atoms with Gasteiger partial charge in [-0.2, -0.15) is 26.3 Å². The lowest BCUT2D eigenvalue weighted by Crippen LogP contribution is -2.17. The molecule has 0 radical (unpaired) electrons. The van der Waals surface area contributed by atoms with Crippen LogP contribution >= 0.6 is 0 Å². The summed E-state index contributed by atoms with van der Waals surface area (Å²) in [4.78, 5) is 0. The molecule has 2 aromatic carbocycles. The second kappa shape index (κ2) is 9.00. The smallest absolute Gasteiger partial charge is 0.206 e. The van der Waals surface area contributed by atoms with Crippen LogP contribution in [0.2, 0.25) is 0 Å². The van der Waals surface area contributed by atoms with Gasteiger partial charge in [0.1, 0.15) is 11.6 Å². The minimum absolute atomic E-state index is 0.0238. The minimum atomic E-state index is -5.22. The van der Waals surface area contributed by atoms with Crippen molar-refractivity contribution < 1.29 is 35.1 Å². The molecule has 1 saturated carbocycles. The standard InChI is InChI=1S/C26H24F8/c1-2-3-14-4-6-15(7-5-14)18-12-22(27)24(23(28)13-18)19-8-16-10-20(25(29,30)31)21(26(32,33)34)11-17(16)9-19/h8,10-15H,2-7,9H2,1H3. The molecule has 2 aromatic rings. The molecule has 0 unspecified atom stereocenters. The van der Waals surface area contributed by atoms with Crippen molar-refractivity contribution in [2.75, 3.05) is 0 Å². The van der Waals surface area contributed by atoms with Gasteiger partial charge in [0.2, 0.25) is 0 Å². The zero-order chi connectivity index (χ0) is 24.8. The Hall–Kier alpha value is -2.38. The third-order valence-electron chi connectivity index (χ3n) is 7.00. The second-order valence-corrected chi connectivity index (χ2v) is 9.30. The lowest BCUT2D eigenvalue weighted by atomic mass is 9.77. The highest BCUT2D eigenvalue weighted by atomic mass is 19.4. The molecule has 0 aromatic heterocycles. The number of alkyl halides is 6. The monoisotopic (exact) mass is 488 g/mol. The summed E-state index contributed by atoms with van der Waals surface area (Å²) in [5.74, 6) is -1.04. The predicted octanol–water partition coefficient (Wildman–Crippen LogP) is 9.17. The molecule has 0 bridgehead atoms. The van der Waals surface area contributed by atoms with E-state index in [1.165, 1.54) is 12.1 Å². The molecule has 2 aliphatic carbocycles. The fraction of sp³-hybridized carbons (Fsp3) is 0.462. The molecule has 0 saturated heterocycles. The quantitative estimate of drug-likeness (QED) is 0.377. The Morgan fingerprint density at radius 3 is 1.88 bits per heavy atom. The topological polar surface area (TPSA) is 0 Å². The first-order chi connectivity index (χ1) is 15.9. The summed E-state index contributed by atoms with van der Waals surface area (Å²) >= 11 is 0. The molecular weight excluding hydrogens is 464 g/mol. The van der Waals surface area contributed by atoms with E-state index in [4.69, 9.17) is 0 Å². The molecule has 184 valence electrons. The average Bonchev–Trinajstić information content (AvgIpc) is 3.14. The SMILES string of the molecule is CCCC1CCC(c2cc(F)c(C3=Cc4cc(C(F)(F)F)c(C(F)(F)F)cc4C3)c(F)c2)CC1. The number of hydrogen-bond acceptors (Lipinski definition) is 0. The summed E-state index contributed by atoms with van der Waals surface area (Å²) in [6.45, 7) is 2.12. The number of rotatable bonds is 4. The van der Waals surface area contributed by atoms with Crippen molar-refractivity contribution in [1.82, 2.24) is 0 Å². The van der Waals surface area contributed by atoms with E-state index in [0.29, 0.717) is 23.6 Å². The summed E-state index contributed by atoms with van der Waals surface area (Å²) in [5.41, 5.74) is -3.62. The van der Waals surface area contributed by atoms with Gasteiger partial charge < -0.3 is 0 Å². The fourth-order valence-electron chi connectivity index (χ4n) is 5.35. The molecule has 4 rings (SSSR count). The maximum atomic E-state index is 15.0. The van der Waals surface area contributed by atoms with E-state index in [2.05, 4.69) is 6.92 Å². The van der Waals surface area contributed by atoms with Gasteiger partial charge in [-0.3, -0.25) is 0 Å². The van der Waals surface area contributed by atoms with Crippen LogP contribution in [0.1, 0.15) is 84.7 Å². The van der Waals surface area contributed by atoms with E-state index in [1.54, 1.807) is 0 Å². The van der Waals surface area contributed by atoms with Gasteiger partial charge in [0.05, 0.1) is 11.1 Å². The lowest BCUT2D eigenvalue weighted by molar-refractivity contribution is -0.162. The van der Waals surface area contributed by atoms with Crippen LogP contribution in [0.15, 0.2) is 24.3 Å². The minimum Gasteiger partial charge on any atom is -0.206 e. The molecule has 0 amide bonds. The molecule has 0 spiro atoms. The highest BCUT2D eigenvalue weighted by Gasteiger charge is 2.44. The first kappa shape index (κ1) is 24.7. The van der Waals surface area contributed by atoms with E-state index in [-0.39, 0.29) is 29.0 Å². The van der Waals surface area contributed by atoms with E-state index in [1.807, 2.05) is 0 Å². The highest BCUT2D eigenvalue weighted by molar-refractivity contribution is 5.89. The van der Waals surface area contributed by atoms with Crippen molar-refractivity contribution in [3.8, 4) is 0 Å². The van der Waals surface area contributed by atoms with Gasteiger partial charge >= 0.3 is 12.4 Å². The van der Waals surface area contributed by atoms with E-state index in [0.717, 1.165) is 44.6 Å². The first-order valence-electron chi connectivity index (χ1n) is 11.4. The van der Waals surface area contributed by atoms with Crippen LogP contribution in [0.5, 0.6) is 0 Å². The Kier molecular flexibility index (Phi) is 6.55. The molecule has 0 heterocycles. The van der Waals surface area contributed by atoms with Crippen LogP contribution < -0.4 is 0 Å². The Morgan fingerprint density at radius 1 is 0.794 bits per heavy atom. The summed E-state index contributed by atoms with van der Waals surface area (Å²) in [5, 5.41) is 0. The van der Waals surface area contributed by atoms with Gasteiger partial charge in [0.15, 0.2) is 0 Å². The van der Waals surface area contributed by atoms with Crippen molar-refractivity contribution in [2.24, 2.45) is 5.92 Å². The lowest BCUT2D eigenvalue weighted by Gasteiger charge is -2.29. The van der Waals surface area contributed by atoms with Crippen molar-refractivity contribution in [3.63, 3.8) is 0 Å². The Bertz CT molecular complexity index is 1080. The van der Waals surface area contributed by atoms with Crippen molar-refractivity contribution in [2.45, 2.75) is 70.1 Å². The number of benzene rings is 2. The van der Waals surface area contributed by atoms with Crippen LogP contribution in [0.25, 0.3) is 11.6 Å². The Morgan fingerprint density at radius 2 is 1.35 bits per heavy atom. The van der Waals surface area contributed by atoms with Crippen LogP contribution in [-0.4, -0.2) is 0 Å². The normalized spacial score (nSPS) is 20.9. The maximum Gasteiger partial charge on any atom is 0.417 e. The molecule has 1 fully saturated rings. The van der Waals surface area contributed by atoms with Crippen molar-refractivity contribution in [1.29, 1.82) is 0 Å². The van der Waals surface area contributed by atoms with Crippen LogP contribution in [-0.2, 0) is 18.8 Å². The fourth-order valence-corrected chi connectivity index (χ4v) is 5.35. The predicted molar refractivity (Wildman–Crippen MR) is 114 cm³/mol. The zero-order valence-corrected chi connectivity index (χ0v) is 18.5. The Labute approximate surface area is 192 Å². The van der Waals surface area contributed by atoms with E-state index < -0.39 is 40.7 Å². The Balaban J connectivity index is 1.63. The van der Waals surface area contributed by atoms with Crippen LogP contribution in [0.3, 0.4) is 0 Å². The van der Waals surface area contributed by atoms with Crippen molar-refractivity contribution in [3.05, 3.63) is 69.3 Å². The van der Waals surface area contributed by atoms with Gasteiger partial charge in [0.25, 0.3) is 0 Å². The zero-order valence-electron chi connectivity index (χ0n) is 18.5. The van der Waals surface area contributed by atoms with Gasteiger partial charge in [-0.15, -0.1) is 0 Å².